The molecule has 0 aliphatic carbocycles. The average molecular weight is 324 g/mol. The minimum Gasteiger partial charge on any atom is -0.507 e. The number of nitrogens with one attached hydrogen (secondary N) is 1. The number of nitrogens with zero attached hydrogens (tertiary/aromatic N) is 1. The van der Waals surface area contributed by atoms with Crippen molar-refractivity contribution in [3.63, 3.8) is 0 Å². The van der Waals surface area contributed by atoms with Crippen molar-refractivity contribution in [1.29, 1.82) is 0 Å². The van der Waals surface area contributed by atoms with Crippen molar-refractivity contribution in [3.05, 3.63) is 71.8 Å². The number of carbonyl (C=O) groups is 1. The molecular formula is C19H20N2O3. The lowest BCUT2D eigenvalue weighted by Gasteiger charge is -2.13. The number of carbonyl (C=O) groups excluding carboxylic acids is 1. The van der Waals surface area contributed by atoms with E-state index in [4.69, 9.17) is 4.74 Å². The van der Waals surface area contributed by atoms with Gasteiger partial charge in [0.15, 0.2) is 6.10 Å². The summed E-state index contributed by atoms with van der Waals surface area (Å²) in [6, 6.07) is 16.2. The first-order valence-electron chi connectivity index (χ1n) is 7.49. The van der Waals surface area contributed by atoms with Crippen LogP contribution in [0.5, 0.6) is 5.75 Å². The van der Waals surface area contributed by atoms with Gasteiger partial charge >= 0.3 is 0 Å². The van der Waals surface area contributed by atoms with Crippen LogP contribution in [0.2, 0.25) is 0 Å². The Hall–Kier alpha value is -2.92. The summed E-state index contributed by atoms with van der Waals surface area (Å²) < 4.78 is 5.24. The predicted octanol–water partition coefficient (Wildman–Crippen LogP) is 3.29. The minimum absolute atomic E-state index is 0.189. The number of amides is 1. The molecule has 0 saturated heterocycles. The molecule has 1 amide bonds. The largest absolute Gasteiger partial charge is 0.507 e. The van der Waals surface area contributed by atoms with Crippen LogP contribution in [0.3, 0.4) is 0 Å². The Morgan fingerprint density at radius 3 is 2.50 bits per heavy atom. The SMILES string of the molecule is COC(C(=O)N/N=C(C)/C=C/c1ccccc1O)c1ccccc1. The number of allylic oxidation sites excluding steroid dienone is 1. The fourth-order valence-electron chi connectivity index (χ4n) is 2.10. The van der Waals surface area contributed by atoms with E-state index in [1.165, 1.54) is 7.11 Å². The molecule has 0 bridgehead atoms. The number of hydrogen-bond acceptors (Lipinski definition) is 4. The minimum atomic E-state index is -0.718. The van der Waals surface area contributed by atoms with Crippen LogP contribution in [0.15, 0.2) is 65.8 Å². The van der Waals surface area contributed by atoms with Gasteiger partial charge in [-0.25, -0.2) is 5.43 Å². The Morgan fingerprint density at radius 1 is 1.17 bits per heavy atom. The van der Waals surface area contributed by atoms with Crippen LogP contribution >= 0.6 is 0 Å². The number of rotatable bonds is 6. The number of para-hydroxylation sites is 1. The lowest BCUT2D eigenvalue weighted by molar-refractivity contribution is -0.131. The van der Waals surface area contributed by atoms with Crippen molar-refractivity contribution >= 4 is 17.7 Å². The molecule has 1 atom stereocenters. The predicted molar refractivity (Wildman–Crippen MR) is 94.6 cm³/mol. The first-order chi connectivity index (χ1) is 11.6. The molecule has 5 nitrogen and oxygen atoms in total. The number of phenols is 1. The number of hydrazone groups is 1. The van der Waals surface area contributed by atoms with E-state index in [-0.39, 0.29) is 11.7 Å². The zero-order chi connectivity index (χ0) is 17.4. The normalized spacial score (nSPS) is 13.0. The van der Waals surface area contributed by atoms with Gasteiger partial charge in [-0.1, -0.05) is 48.5 Å². The van der Waals surface area contributed by atoms with Crippen LogP contribution < -0.4 is 5.43 Å². The molecule has 0 aromatic heterocycles. The molecule has 1 unspecified atom stereocenters. The van der Waals surface area contributed by atoms with E-state index in [1.54, 1.807) is 37.3 Å². The third-order valence-corrected chi connectivity index (χ3v) is 3.36. The zero-order valence-corrected chi connectivity index (χ0v) is 13.6. The maximum absolute atomic E-state index is 12.2. The Morgan fingerprint density at radius 2 is 1.83 bits per heavy atom. The van der Waals surface area contributed by atoms with Gasteiger partial charge in [-0.05, 0) is 30.7 Å². The first kappa shape index (κ1) is 17.4. The highest BCUT2D eigenvalue weighted by molar-refractivity contribution is 5.97. The molecule has 0 radical (unpaired) electrons. The number of benzene rings is 2. The molecule has 0 aliphatic rings. The van der Waals surface area contributed by atoms with Crippen LogP contribution in [0, 0.1) is 0 Å². The summed E-state index contributed by atoms with van der Waals surface area (Å²) in [4.78, 5) is 12.2. The topological polar surface area (TPSA) is 70.9 Å². The quantitative estimate of drug-likeness (QED) is 0.633. The Balaban J connectivity index is 2.01. The molecule has 2 rings (SSSR count). The highest BCUT2D eigenvalue weighted by atomic mass is 16.5. The van der Waals surface area contributed by atoms with Gasteiger partial charge in [-0.2, -0.15) is 5.10 Å². The van der Waals surface area contributed by atoms with Crippen LogP contribution in [-0.2, 0) is 9.53 Å². The Bertz CT molecular complexity index is 739. The molecule has 0 fully saturated rings. The van der Waals surface area contributed by atoms with Crippen LogP contribution in [0.1, 0.15) is 24.2 Å². The van der Waals surface area contributed by atoms with Gasteiger partial charge in [0, 0.05) is 12.7 Å². The van der Waals surface area contributed by atoms with Crippen molar-refractivity contribution in [1.82, 2.24) is 5.43 Å². The smallest absolute Gasteiger partial charge is 0.273 e. The summed E-state index contributed by atoms with van der Waals surface area (Å²) in [7, 11) is 1.48. The summed E-state index contributed by atoms with van der Waals surface area (Å²) in [6.45, 7) is 1.75. The van der Waals surface area contributed by atoms with Gasteiger partial charge in [0.25, 0.3) is 5.91 Å². The van der Waals surface area contributed by atoms with Crippen molar-refractivity contribution in [2.45, 2.75) is 13.0 Å². The third kappa shape index (κ3) is 4.79. The number of aromatic hydroxyl groups is 1. The monoisotopic (exact) mass is 324 g/mol. The van der Waals surface area contributed by atoms with Gasteiger partial charge < -0.3 is 9.84 Å². The fraction of sp³-hybridized carbons (Fsp3) is 0.158. The van der Waals surface area contributed by atoms with Crippen LogP contribution in [0.4, 0.5) is 0 Å². The molecule has 0 heterocycles. The number of hydrogen-bond donors (Lipinski definition) is 2. The van der Waals surface area contributed by atoms with E-state index >= 15 is 0 Å². The second kappa shape index (κ2) is 8.64. The maximum atomic E-state index is 12.2. The second-order valence-electron chi connectivity index (χ2n) is 5.15. The molecule has 2 N–H and O–H groups in total. The Kier molecular flexibility index (Phi) is 6.28. The molecule has 0 aliphatic heterocycles. The van der Waals surface area contributed by atoms with E-state index in [2.05, 4.69) is 10.5 Å². The molecule has 0 spiro atoms. The van der Waals surface area contributed by atoms with Crippen LogP contribution in [0.25, 0.3) is 6.08 Å². The number of methoxy groups -OCH3 is 1. The molecule has 124 valence electrons. The standard InChI is InChI=1S/C19H20N2O3/c1-14(12-13-15-8-6-7-11-17(15)22)20-21-19(23)18(24-2)16-9-4-3-5-10-16/h3-13,18,22H,1-2H3,(H,21,23)/b13-12+,20-14+. The van der Waals surface area contributed by atoms with E-state index < -0.39 is 6.10 Å². The van der Waals surface area contributed by atoms with E-state index in [9.17, 15) is 9.90 Å². The molecule has 5 heteroatoms. The Labute approximate surface area is 141 Å². The molecule has 0 saturated carbocycles. The van der Waals surface area contributed by atoms with E-state index in [1.807, 2.05) is 36.4 Å². The first-order valence-corrected chi connectivity index (χ1v) is 7.49. The summed E-state index contributed by atoms with van der Waals surface area (Å²) in [5.41, 5.74) is 4.52. The second-order valence-corrected chi connectivity index (χ2v) is 5.15. The van der Waals surface area contributed by atoms with Gasteiger partial charge in [0.2, 0.25) is 0 Å². The lowest BCUT2D eigenvalue weighted by atomic mass is 10.1. The summed E-state index contributed by atoms with van der Waals surface area (Å²) in [6.07, 6.45) is 2.72. The summed E-state index contributed by atoms with van der Waals surface area (Å²) in [5, 5.41) is 13.7. The number of phenolic OH excluding ortho intramolecular Hbond substituents is 1. The van der Waals surface area contributed by atoms with E-state index in [0.717, 1.165) is 5.56 Å². The number of ether oxygens (including phenoxy) is 1. The van der Waals surface area contributed by atoms with Gasteiger partial charge in [-0.15, -0.1) is 0 Å². The van der Waals surface area contributed by atoms with Gasteiger partial charge in [0.1, 0.15) is 5.75 Å². The van der Waals surface area contributed by atoms with Gasteiger partial charge in [0.05, 0.1) is 5.71 Å². The molecular weight excluding hydrogens is 304 g/mol. The lowest BCUT2D eigenvalue weighted by Crippen LogP contribution is -2.27. The molecule has 2 aromatic rings. The third-order valence-electron chi connectivity index (χ3n) is 3.36. The fourth-order valence-corrected chi connectivity index (χ4v) is 2.10. The van der Waals surface area contributed by atoms with E-state index in [0.29, 0.717) is 11.3 Å². The van der Waals surface area contributed by atoms with Gasteiger partial charge in [-0.3, -0.25) is 4.79 Å². The molecule has 24 heavy (non-hydrogen) atoms. The summed E-state index contributed by atoms with van der Waals surface area (Å²) in [5.74, 6) is -0.159. The van der Waals surface area contributed by atoms with Crippen molar-refractivity contribution in [3.8, 4) is 5.75 Å². The maximum Gasteiger partial charge on any atom is 0.273 e. The zero-order valence-electron chi connectivity index (χ0n) is 13.6. The molecule has 2 aromatic carbocycles. The highest BCUT2D eigenvalue weighted by Gasteiger charge is 2.19. The van der Waals surface area contributed by atoms with Crippen LogP contribution in [-0.4, -0.2) is 23.8 Å². The summed E-state index contributed by atoms with van der Waals surface area (Å²) >= 11 is 0. The van der Waals surface area contributed by atoms with Crippen molar-refractivity contribution in [2.24, 2.45) is 5.10 Å². The van der Waals surface area contributed by atoms with Crippen molar-refractivity contribution < 1.29 is 14.6 Å². The highest BCUT2D eigenvalue weighted by Crippen LogP contribution is 2.17. The average Bonchev–Trinajstić information content (AvgIpc) is 2.61. The van der Waals surface area contributed by atoms with Crippen molar-refractivity contribution in [2.75, 3.05) is 7.11 Å².